The highest BCUT2D eigenvalue weighted by Crippen LogP contribution is 2.38. The normalized spacial score (nSPS) is 16.6. The van der Waals surface area contributed by atoms with E-state index in [9.17, 15) is 9.18 Å². The summed E-state index contributed by atoms with van der Waals surface area (Å²) < 4.78 is 21.8. The lowest BCUT2D eigenvalue weighted by Gasteiger charge is -2.37. The monoisotopic (exact) mass is 542 g/mol. The molecule has 2 saturated heterocycles. The van der Waals surface area contributed by atoms with Crippen LogP contribution in [0, 0.1) is 5.95 Å². The maximum atomic E-state index is 13.5. The van der Waals surface area contributed by atoms with E-state index in [0.717, 1.165) is 49.3 Å². The number of rotatable bonds is 5. The van der Waals surface area contributed by atoms with Crippen LogP contribution in [0.25, 0.3) is 22.0 Å². The summed E-state index contributed by atoms with van der Waals surface area (Å²) in [5, 5.41) is 1.19. The molecule has 0 N–H and O–H groups in total. The summed E-state index contributed by atoms with van der Waals surface area (Å²) in [6.45, 7) is 7.47. The molecule has 0 aliphatic carbocycles. The van der Waals surface area contributed by atoms with Gasteiger partial charge >= 0.3 is 12.2 Å². The third-order valence-corrected chi connectivity index (χ3v) is 7.73. The van der Waals surface area contributed by atoms with Crippen LogP contribution in [0.15, 0.2) is 73.1 Å². The van der Waals surface area contributed by atoms with Crippen LogP contribution in [-0.2, 0) is 20.9 Å². The van der Waals surface area contributed by atoms with Gasteiger partial charge in [0.2, 0.25) is 5.95 Å². The number of piperidine rings is 1. The summed E-state index contributed by atoms with van der Waals surface area (Å²) in [4.78, 5) is 37.0. The van der Waals surface area contributed by atoms with E-state index in [2.05, 4.69) is 52.7 Å². The van der Waals surface area contributed by atoms with Crippen LogP contribution in [0.3, 0.4) is 0 Å². The van der Waals surface area contributed by atoms with E-state index in [-0.39, 0.29) is 12.2 Å². The Balaban J connectivity index is 0.00000103. The first-order valence-corrected chi connectivity index (χ1v) is 13.4. The first kappa shape index (κ1) is 27.2. The summed E-state index contributed by atoms with van der Waals surface area (Å²) in [5.74, 6) is -0.475. The number of hydrogen-bond acceptors (Lipinski definition) is 6. The molecule has 2 aromatic heterocycles. The van der Waals surface area contributed by atoms with Crippen molar-refractivity contribution in [2.45, 2.75) is 44.9 Å². The number of amides is 1. The number of ether oxygens (including phenoxy) is 1. The van der Waals surface area contributed by atoms with Gasteiger partial charge in [0.15, 0.2) is 0 Å². The fraction of sp³-hybridized carbons (Fsp3) is 0.323. The minimum absolute atomic E-state index is 0.250. The van der Waals surface area contributed by atoms with Gasteiger partial charge in [-0.2, -0.15) is 14.0 Å². The van der Waals surface area contributed by atoms with Crippen LogP contribution in [0.5, 0.6) is 0 Å². The van der Waals surface area contributed by atoms with Crippen molar-refractivity contribution in [1.29, 1.82) is 0 Å². The van der Waals surface area contributed by atoms with E-state index in [1.165, 1.54) is 22.5 Å². The maximum absolute atomic E-state index is 13.5. The van der Waals surface area contributed by atoms with Gasteiger partial charge in [0.25, 0.3) is 0 Å². The molecule has 2 fully saturated rings. The van der Waals surface area contributed by atoms with Crippen molar-refractivity contribution in [2.75, 3.05) is 24.5 Å². The minimum atomic E-state index is -0.475. The third kappa shape index (κ3) is 5.39. The Kier molecular flexibility index (Phi) is 7.78. The number of pyridine rings is 1. The van der Waals surface area contributed by atoms with Gasteiger partial charge in [-0.1, -0.05) is 30.3 Å². The lowest BCUT2D eigenvalue weighted by Crippen LogP contribution is -2.46. The molecule has 1 spiro atoms. The molecule has 6 rings (SSSR count). The number of anilines is 1. The lowest BCUT2D eigenvalue weighted by molar-refractivity contribution is -0.191. The van der Waals surface area contributed by atoms with Crippen molar-refractivity contribution in [3.63, 3.8) is 0 Å². The van der Waals surface area contributed by atoms with E-state index >= 15 is 0 Å². The molecule has 4 aromatic rings. The van der Waals surface area contributed by atoms with Crippen molar-refractivity contribution < 1.29 is 23.5 Å². The summed E-state index contributed by atoms with van der Waals surface area (Å²) in [6.07, 6.45) is 5.47. The van der Waals surface area contributed by atoms with E-state index in [1.54, 1.807) is 17.2 Å². The molecule has 2 aromatic carbocycles. The standard InChI is InChI=1S/C30H31FN4O2.CO2/c1-21(2)34-19-23(28-25(9-6-10-26(28)34)22-11-12-27(31)32-17-22)18-33-15-13-30(14-16-33)20-35(29(36)37-30)24-7-4-3-5-8-24;2-1-3/h3-12,17,19,21H,13-16,18,20H2,1-2H3;. The van der Waals surface area contributed by atoms with Gasteiger partial charge in [-0.3, -0.25) is 9.80 Å². The zero-order valence-corrected chi connectivity index (χ0v) is 22.5. The Morgan fingerprint density at radius 1 is 1.02 bits per heavy atom. The van der Waals surface area contributed by atoms with Crippen molar-refractivity contribution in [3.8, 4) is 11.1 Å². The number of nitrogens with zero attached hydrogens (tertiary/aromatic N) is 4. The number of fused-ring (bicyclic) bond motifs is 1. The highest BCUT2D eigenvalue weighted by Gasteiger charge is 2.47. The molecule has 0 saturated carbocycles. The van der Waals surface area contributed by atoms with Crippen LogP contribution in [0.4, 0.5) is 14.9 Å². The molecular formula is C31H31FN4O4. The smallest absolute Gasteiger partial charge is 0.415 e. The highest BCUT2D eigenvalue weighted by molar-refractivity contribution is 5.98. The largest absolute Gasteiger partial charge is 0.441 e. The molecule has 0 bridgehead atoms. The van der Waals surface area contributed by atoms with Crippen LogP contribution in [-0.4, -0.2) is 51.9 Å². The molecule has 0 unspecified atom stereocenters. The molecule has 1 amide bonds. The molecule has 206 valence electrons. The van der Waals surface area contributed by atoms with Crippen LogP contribution < -0.4 is 4.90 Å². The number of benzene rings is 2. The molecule has 0 radical (unpaired) electrons. The van der Waals surface area contributed by atoms with Crippen LogP contribution in [0.2, 0.25) is 0 Å². The fourth-order valence-corrected chi connectivity index (χ4v) is 5.77. The van der Waals surface area contributed by atoms with Crippen LogP contribution in [0.1, 0.15) is 38.3 Å². The van der Waals surface area contributed by atoms with E-state index in [4.69, 9.17) is 14.3 Å². The van der Waals surface area contributed by atoms with Gasteiger partial charge in [0.1, 0.15) is 5.60 Å². The molecular weight excluding hydrogens is 511 g/mol. The van der Waals surface area contributed by atoms with Gasteiger partial charge in [0.05, 0.1) is 6.54 Å². The van der Waals surface area contributed by atoms with Crippen LogP contribution >= 0.6 is 0 Å². The van der Waals surface area contributed by atoms with E-state index < -0.39 is 11.5 Å². The number of hydrogen-bond donors (Lipinski definition) is 0. The second-order valence-corrected chi connectivity index (χ2v) is 10.6. The van der Waals surface area contributed by atoms with Gasteiger partial charge in [0, 0.05) is 73.1 Å². The number of likely N-dealkylation sites (tertiary alicyclic amines) is 1. The van der Waals surface area contributed by atoms with Crippen molar-refractivity contribution in [3.05, 3.63) is 84.6 Å². The van der Waals surface area contributed by atoms with Gasteiger partial charge in [-0.05, 0) is 55.3 Å². The Hall–Kier alpha value is -4.33. The molecule has 2 aliphatic heterocycles. The van der Waals surface area contributed by atoms with E-state index in [0.29, 0.717) is 12.6 Å². The summed E-state index contributed by atoms with van der Waals surface area (Å²) in [5.41, 5.74) is 4.84. The molecule has 0 atom stereocenters. The van der Waals surface area contributed by atoms with Gasteiger partial charge < -0.3 is 9.30 Å². The predicted octanol–water partition coefficient (Wildman–Crippen LogP) is 5.83. The Morgan fingerprint density at radius 2 is 1.75 bits per heavy atom. The fourth-order valence-electron chi connectivity index (χ4n) is 5.77. The SMILES string of the molecule is CC(C)n1cc(CN2CCC3(CC2)CN(c2ccccc2)C(=O)O3)c2c(-c3ccc(F)nc3)cccc21.O=C=O. The van der Waals surface area contributed by atoms with Gasteiger partial charge in [-0.25, -0.2) is 9.78 Å². The number of carbonyl (C=O) groups excluding carboxylic acids is 3. The van der Waals surface area contributed by atoms with Crippen molar-refractivity contribution >= 4 is 28.8 Å². The first-order chi connectivity index (χ1) is 19.3. The minimum Gasteiger partial charge on any atom is -0.441 e. The summed E-state index contributed by atoms with van der Waals surface area (Å²) >= 11 is 0. The second-order valence-electron chi connectivity index (χ2n) is 10.6. The quantitative estimate of drug-likeness (QED) is 0.295. The molecule has 4 heterocycles. The maximum Gasteiger partial charge on any atom is 0.415 e. The molecule has 40 heavy (non-hydrogen) atoms. The lowest BCUT2D eigenvalue weighted by atomic mass is 9.91. The number of halogens is 1. The van der Waals surface area contributed by atoms with Gasteiger partial charge in [-0.15, -0.1) is 0 Å². The number of carbonyl (C=O) groups is 1. The number of para-hydroxylation sites is 1. The van der Waals surface area contributed by atoms with Crippen molar-refractivity contribution in [1.82, 2.24) is 14.5 Å². The van der Waals surface area contributed by atoms with E-state index in [1.807, 2.05) is 30.3 Å². The first-order valence-electron chi connectivity index (χ1n) is 13.4. The Morgan fingerprint density at radius 3 is 2.40 bits per heavy atom. The average Bonchev–Trinajstić information content (AvgIpc) is 3.49. The Bertz CT molecular complexity index is 1520. The third-order valence-electron chi connectivity index (χ3n) is 7.73. The highest BCUT2D eigenvalue weighted by atomic mass is 19.1. The Labute approximate surface area is 232 Å². The number of aromatic nitrogens is 2. The predicted molar refractivity (Wildman–Crippen MR) is 148 cm³/mol. The molecule has 9 heteroatoms. The molecule has 2 aliphatic rings. The zero-order valence-electron chi connectivity index (χ0n) is 22.5. The summed E-state index contributed by atoms with van der Waals surface area (Å²) in [7, 11) is 0. The summed E-state index contributed by atoms with van der Waals surface area (Å²) in [6, 6.07) is 19.6. The topological polar surface area (TPSA) is 84.7 Å². The molecule has 8 nitrogen and oxygen atoms in total. The zero-order chi connectivity index (χ0) is 28.3. The van der Waals surface area contributed by atoms with Crippen molar-refractivity contribution in [2.24, 2.45) is 0 Å². The average molecular weight is 543 g/mol. The second kappa shape index (κ2) is 11.4.